The number of hydrogen-bond donors (Lipinski definition) is 3. The Labute approximate surface area is 117 Å². The van der Waals surface area contributed by atoms with E-state index in [0.717, 1.165) is 0 Å². The molecule has 0 bridgehead atoms. The smallest absolute Gasteiger partial charge is 0.278 e. The fourth-order valence-corrected chi connectivity index (χ4v) is 2.91. The molecule has 1 saturated heterocycles. The monoisotopic (exact) mass is 298 g/mol. The number of rotatable bonds is 3. The largest absolute Gasteiger partial charge is 0.387 e. The van der Waals surface area contributed by atoms with Gasteiger partial charge < -0.3 is 19.9 Å². The number of aromatic amines is 1. The van der Waals surface area contributed by atoms with Gasteiger partial charge in [-0.15, -0.1) is 0 Å². The van der Waals surface area contributed by atoms with Crippen molar-refractivity contribution in [3.63, 3.8) is 0 Å². The molecule has 8 nitrogen and oxygen atoms in total. The summed E-state index contributed by atoms with van der Waals surface area (Å²) in [5.74, 6) is 0.565. The van der Waals surface area contributed by atoms with Gasteiger partial charge in [0.25, 0.3) is 5.56 Å². The predicted octanol–water partition coefficient (Wildman–Crippen LogP) is -0.898. The molecule has 1 aliphatic rings. The summed E-state index contributed by atoms with van der Waals surface area (Å²) in [6.45, 7) is 0. The van der Waals surface area contributed by atoms with Crippen LogP contribution in [0.2, 0.25) is 0 Å². The molecule has 3 rings (SSSR count). The minimum absolute atomic E-state index is 0.172. The van der Waals surface area contributed by atoms with Crippen molar-refractivity contribution in [2.75, 3.05) is 12.0 Å². The predicted molar refractivity (Wildman–Crippen MR) is 72.5 cm³/mol. The summed E-state index contributed by atoms with van der Waals surface area (Å²) < 4.78 is 7.14. The second kappa shape index (κ2) is 5.17. The van der Waals surface area contributed by atoms with Crippen molar-refractivity contribution in [2.24, 2.45) is 0 Å². The Morgan fingerprint density at radius 1 is 1.45 bits per heavy atom. The van der Waals surface area contributed by atoms with E-state index in [0.29, 0.717) is 11.4 Å². The third-order valence-corrected chi connectivity index (χ3v) is 3.97. The van der Waals surface area contributed by atoms with E-state index in [-0.39, 0.29) is 11.1 Å². The quantitative estimate of drug-likeness (QED) is 0.673. The molecule has 1 fully saturated rings. The van der Waals surface area contributed by atoms with Crippen molar-refractivity contribution in [3.05, 3.63) is 23.0 Å². The Bertz CT molecular complexity index is 672. The molecule has 0 aromatic carbocycles. The van der Waals surface area contributed by atoms with Gasteiger partial charge in [0.1, 0.15) is 12.2 Å². The highest BCUT2D eigenvalue weighted by Crippen LogP contribution is 2.31. The van der Waals surface area contributed by atoms with Crippen LogP contribution in [0.3, 0.4) is 0 Å². The van der Waals surface area contributed by atoms with Gasteiger partial charge in [0.15, 0.2) is 17.4 Å². The Morgan fingerprint density at radius 2 is 2.25 bits per heavy atom. The molecular formula is C11H14N4O4S. The minimum Gasteiger partial charge on any atom is -0.387 e. The van der Waals surface area contributed by atoms with E-state index in [1.54, 1.807) is 0 Å². The molecule has 2 aromatic rings. The van der Waals surface area contributed by atoms with Gasteiger partial charge >= 0.3 is 0 Å². The van der Waals surface area contributed by atoms with Gasteiger partial charge in [-0.1, -0.05) is 0 Å². The van der Waals surface area contributed by atoms with Crippen molar-refractivity contribution in [3.8, 4) is 0 Å². The molecule has 108 valence electrons. The highest BCUT2D eigenvalue weighted by atomic mass is 32.2. The second-order valence-electron chi connectivity index (χ2n) is 4.56. The zero-order valence-electron chi connectivity index (χ0n) is 10.6. The third-order valence-electron chi connectivity index (χ3n) is 3.31. The lowest BCUT2D eigenvalue weighted by atomic mass is 10.1. The number of nitrogens with one attached hydrogen (secondary N) is 1. The van der Waals surface area contributed by atoms with Gasteiger partial charge in [-0.2, -0.15) is 11.8 Å². The van der Waals surface area contributed by atoms with E-state index in [2.05, 4.69) is 15.0 Å². The Hall–Kier alpha value is -1.42. The normalized spacial score (nSPS) is 30.1. The Balaban J connectivity index is 1.99. The van der Waals surface area contributed by atoms with Crippen molar-refractivity contribution in [2.45, 2.75) is 24.5 Å². The van der Waals surface area contributed by atoms with E-state index < -0.39 is 24.5 Å². The minimum atomic E-state index is -1.09. The van der Waals surface area contributed by atoms with Crippen LogP contribution < -0.4 is 5.56 Å². The van der Waals surface area contributed by atoms with Crippen LogP contribution in [0.4, 0.5) is 0 Å². The number of aliphatic hydroxyl groups excluding tert-OH is 2. The maximum absolute atomic E-state index is 11.6. The fourth-order valence-electron chi connectivity index (χ4n) is 2.31. The summed E-state index contributed by atoms with van der Waals surface area (Å²) in [7, 11) is 0. The molecule has 0 aliphatic carbocycles. The van der Waals surface area contributed by atoms with Crippen LogP contribution in [0.15, 0.2) is 17.4 Å². The number of aliphatic hydroxyl groups is 2. The molecule has 0 spiro atoms. The highest BCUT2D eigenvalue weighted by molar-refractivity contribution is 7.98. The van der Waals surface area contributed by atoms with E-state index in [1.165, 1.54) is 29.0 Å². The van der Waals surface area contributed by atoms with Crippen LogP contribution in [0.25, 0.3) is 11.2 Å². The van der Waals surface area contributed by atoms with Crippen LogP contribution in [0, 0.1) is 0 Å². The lowest BCUT2D eigenvalue weighted by molar-refractivity contribution is -0.0288. The first kappa shape index (κ1) is 13.6. The van der Waals surface area contributed by atoms with Crippen molar-refractivity contribution in [1.82, 2.24) is 19.5 Å². The molecule has 0 amide bonds. The summed E-state index contributed by atoms with van der Waals surface area (Å²) in [6, 6.07) is 0. The number of imidazole rings is 1. The van der Waals surface area contributed by atoms with Gasteiger partial charge in [-0.3, -0.25) is 9.36 Å². The molecule has 9 heteroatoms. The van der Waals surface area contributed by atoms with Crippen molar-refractivity contribution < 1.29 is 14.9 Å². The zero-order chi connectivity index (χ0) is 14.3. The Morgan fingerprint density at radius 3 is 3.00 bits per heavy atom. The molecule has 0 saturated carbocycles. The molecule has 0 unspecified atom stereocenters. The van der Waals surface area contributed by atoms with E-state index in [4.69, 9.17) is 4.74 Å². The summed E-state index contributed by atoms with van der Waals surface area (Å²) in [5.41, 5.74) is 0.128. The van der Waals surface area contributed by atoms with Crippen LogP contribution in [-0.4, -0.2) is 60.1 Å². The molecule has 4 atom stereocenters. The standard InChI is InChI=1S/C11H14N4O4S/c1-20-2-5-7(16)8(17)11(19-5)15-4-14-6-9(15)12-3-13-10(6)18/h3-5,7-8,11,16-17H,2H2,1H3,(H,12,13,18)/t5-,7-,8-,11-/m0/s1. The van der Waals surface area contributed by atoms with Crippen LogP contribution in [0.1, 0.15) is 6.23 Å². The van der Waals surface area contributed by atoms with Gasteiger partial charge in [-0.05, 0) is 6.26 Å². The summed E-state index contributed by atoms with van der Waals surface area (Å²) in [6.07, 6.45) is 1.20. The number of fused-ring (bicyclic) bond motifs is 1. The summed E-state index contributed by atoms with van der Waals surface area (Å²) in [4.78, 5) is 22.0. The molecule has 2 aromatic heterocycles. The van der Waals surface area contributed by atoms with E-state index >= 15 is 0 Å². The topological polar surface area (TPSA) is 113 Å². The van der Waals surface area contributed by atoms with E-state index in [9.17, 15) is 15.0 Å². The SMILES string of the molecule is CSC[C@@H]1O[C@H](n2cnc3c(=O)[nH]cnc32)[C@@H](O)[C@H]1O. The molecule has 1 aliphatic heterocycles. The number of H-pyrrole nitrogens is 1. The molecule has 3 heterocycles. The van der Waals surface area contributed by atoms with E-state index in [1.807, 2.05) is 6.26 Å². The van der Waals surface area contributed by atoms with Crippen molar-refractivity contribution in [1.29, 1.82) is 0 Å². The van der Waals surface area contributed by atoms with Crippen LogP contribution in [0.5, 0.6) is 0 Å². The maximum atomic E-state index is 11.6. The Kier molecular flexibility index (Phi) is 3.50. The van der Waals surface area contributed by atoms with Gasteiger partial charge in [0.05, 0.1) is 18.8 Å². The lowest BCUT2D eigenvalue weighted by Crippen LogP contribution is -2.32. The first-order valence-corrected chi connectivity index (χ1v) is 7.43. The fraction of sp³-hybridized carbons (Fsp3) is 0.545. The highest BCUT2D eigenvalue weighted by Gasteiger charge is 2.43. The van der Waals surface area contributed by atoms with Crippen LogP contribution in [-0.2, 0) is 4.74 Å². The first-order valence-electron chi connectivity index (χ1n) is 6.04. The van der Waals surface area contributed by atoms with Crippen molar-refractivity contribution >= 4 is 22.9 Å². The molecular weight excluding hydrogens is 284 g/mol. The molecule has 3 N–H and O–H groups in total. The average molecular weight is 298 g/mol. The van der Waals surface area contributed by atoms with Gasteiger partial charge in [-0.25, -0.2) is 9.97 Å². The maximum Gasteiger partial charge on any atom is 0.278 e. The lowest BCUT2D eigenvalue weighted by Gasteiger charge is -2.16. The number of aromatic nitrogens is 4. The van der Waals surface area contributed by atoms with Gasteiger partial charge in [0, 0.05) is 5.75 Å². The number of thioether (sulfide) groups is 1. The number of nitrogens with zero attached hydrogens (tertiary/aromatic N) is 3. The first-order chi connectivity index (χ1) is 9.63. The second-order valence-corrected chi connectivity index (χ2v) is 5.47. The third kappa shape index (κ3) is 2.03. The van der Waals surface area contributed by atoms with Crippen LogP contribution >= 0.6 is 11.8 Å². The number of hydrogen-bond acceptors (Lipinski definition) is 7. The molecule has 0 radical (unpaired) electrons. The summed E-state index contributed by atoms with van der Waals surface area (Å²) >= 11 is 1.52. The zero-order valence-corrected chi connectivity index (χ0v) is 11.4. The average Bonchev–Trinajstić information content (AvgIpc) is 2.97. The number of ether oxygens (including phenoxy) is 1. The molecule has 20 heavy (non-hydrogen) atoms. The van der Waals surface area contributed by atoms with Gasteiger partial charge in [0.2, 0.25) is 0 Å². The summed E-state index contributed by atoms with van der Waals surface area (Å²) in [5, 5.41) is 20.1.